The number of carboxylic acids is 1. The van der Waals surface area contributed by atoms with Crippen LogP contribution in [0.15, 0.2) is 42.7 Å². The van der Waals surface area contributed by atoms with Crippen LogP contribution in [0.3, 0.4) is 0 Å². The van der Waals surface area contributed by atoms with Crippen molar-refractivity contribution < 1.29 is 9.90 Å². The van der Waals surface area contributed by atoms with Crippen LogP contribution in [0.2, 0.25) is 0 Å². The monoisotopic (exact) mass is 324 g/mol. The van der Waals surface area contributed by atoms with Gasteiger partial charge in [0.25, 0.3) is 0 Å². The van der Waals surface area contributed by atoms with Crippen LogP contribution < -0.4 is 4.90 Å². The minimum Gasteiger partial charge on any atom is -0.478 e. The van der Waals surface area contributed by atoms with Gasteiger partial charge in [-0.15, -0.1) is 0 Å². The zero-order valence-corrected chi connectivity index (χ0v) is 13.6. The number of aromatic nitrogens is 2. The number of carbonyl (C=O) groups is 1. The summed E-state index contributed by atoms with van der Waals surface area (Å²) < 4.78 is 0. The summed E-state index contributed by atoms with van der Waals surface area (Å²) >= 11 is 0. The summed E-state index contributed by atoms with van der Waals surface area (Å²) in [6.45, 7) is 3.91. The molecule has 0 saturated carbocycles. The van der Waals surface area contributed by atoms with Crippen molar-refractivity contribution in [1.29, 1.82) is 0 Å². The molecule has 1 aromatic carbocycles. The van der Waals surface area contributed by atoms with E-state index in [-0.39, 0.29) is 0 Å². The first kappa shape index (κ1) is 16.1. The lowest BCUT2D eigenvalue weighted by Crippen LogP contribution is -2.44. The number of anilines is 1. The largest absolute Gasteiger partial charge is 0.478 e. The van der Waals surface area contributed by atoms with Gasteiger partial charge >= 0.3 is 5.97 Å². The Bertz CT molecular complexity index is 752. The van der Waals surface area contributed by atoms with Crippen molar-refractivity contribution >= 4 is 17.9 Å². The van der Waals surface area contributed by atoms with Crippen molar-refractivity contribution in [3.05, 3.63) is 48.3 Å². The van der Waals surface area contributed by atoms with Gasteiger partial charge in [0.05, 0.1) is 18.1 Å². The highest BCUT2D eigenvalue weighted by atomic mass is 16.4. The Balaban J connectivity index is 1.83. The van der Waals surface area contributed by atoms with E-state index in [0.29, 0.717) is 0 Å². The van der Waals surface area contributed by atoms with E-state index in [4.69, 9.17) is 10.1 Å². The molecule has 1 aromatic heterocycles. The molecule has 1 saturated heterocycles. The number of hydrogen-bond acceptors (Lipinski definition) is 5. The summed E-state index contributed by atoms with van der Waals surface area (Å²) in [5, 5.41) is 8.74. The summed E-state index contributed by atoms with van der Waals surface area (Å²) in [5.41, 5.74) is 2.53. The number of aliphatic carboxylic acids is 1. The lowest BCUT2D eigenvalue weighted by atomic mass is 10.1. The fraction of sp³-hybridized carbons (Fsp3) is 0.278. The quantitative estimate of drug-likeness (QED) is 0.868. The highest BCUT2D eigenvalue weighted by Crippen LogP contribution is 2.21. The van der Waals surface area contributed by atoms with Crippen LogP contribution in [0.4, 0.5) is 5.82 Å². The van der Waals surface area contributed by atoms with E-state index in [1.54, 1.807) is 18.5 Å². The Kier molecular flexibility index (Phi) is 4.86. The molecule has 0 atom stereocenters. The number of rotatable bonds is 4. The number of nitrogens with zero attached hydrogens (tertiary/aromatic N) is 4. The molecule has 6 heteroatoms. The predicted molar refractivity (Wildman–Crippen MR) is 93.8 cm³/mol. The predicted octanol–water partition coefficient (Wildman–Crippen LogP) is 1.99. The summed E-state index contributed by atoms with van der Waals surface area (Å²) in [6, 6.07) is 7.62. The molecule has 0 amide bonds. The molecule has 1 fully saturated rings. The molecule has 24 heavy (non-hydrogen) atoms. The smallest absolute Gasteiger partial charge is 0.328 e. The van der Waals surface area contributed by atoms with Gasteiger partial charge in [0.15, 0.2) is 0 Å². The Morgan fingerprint density at radius 1 is 1.21 bits per heavy atom. The van der Waals surface area contributed by atoms with E-state index in [1.807, 2.05) is 24.3 Å². The third-order valence-electron chi connectivity index (χ3n) is 4.05. The second-order valence-electron chi connectivity index (χ2n) is 5.85. The molecule has 2 heterocycles. The standard InChI is InChI=1S/C18H20N4O2/c1-21-7-9-22(10-8-21)17-13-19-12-16(20-17)15-4-2-3-14(11-15)5-6-18(23)24/h2-6,11-13H,7-10H2,1H3,(H,23,24)/b6-5+. The van der Waals surface area contributed by atoms with Gasteiger partial charge in [-0.1, -0.05) is 18.2 Å². The number of hydrogen-bond donors (Lipinski definition) is 1. The van der Waals surface area contributed by atoms with Crippen LogP contribution >= 0.6 is 0 Å². The summed E-state index contributed by atoms with van der Waals surface area (Å²) in [7, 11) is 2.12. The third kappa shape index (κ3) is 3.97. The highest BCUT2D eigenvalue weighted by molar-refractivity contribution is 5.85. The highest BCUT2D eigenvalue weighted by Gasteiger charge is 2.16. The van der Waals surface area contributed by atoms with Crippen LogP contribution in [0.1, 0.15) is 5.56 Å². The van der Waals surface area contributed by atoms with Crippen LogP contribution in [-0.4, -0.2) is 59.2 Å². The molecular weight excluding hydrogens is 304 g/mol. The fourth-order valence-corrected chi connectivity index (χ4v) is 2.65. The molecule has 0 unspecified atom stereocenters. The van der Waals surface area contributed by atoms with Gasteiger partial charge in [-0.25, -0.2) is 9.78 Å². The Labute approximate surface area is 141 Å². The summed E-state index contributed by atoms with van der Waals surface area (Å²) in [6.07, 6.45) is 6.23. The third-order valence-corrected chi connectivity index (χ3v) is 4.05. The maximum absolute atomic E-state index is 10.7. The van der Waals surface area contributed by atoms with E-state index >= 15 is 0 Å². The SMILES string of the molecule is CN1CCN(c2cncc(-c3cccc(/C=C/C(=O)O)c3)n2)CC1. The molecule has 1 N–H and O–H groups in total. The average molecular weight is 324 g/mol. The van der Waals surface area contributed by atoms with E-state index in [2.05, 4.69) is 21.8 Å². The Morgan fingerprint density at radius 2 is 2.00 bits per heavy atom. The first-order chi connectivity index (χ1) is 11.6. The van der Waals surface area contributed by atoms with Crippen molar-refractivity contribution in [2.24, 2.45) is 0 Å². The molecule has 124 valence electrons. The van der Waals surface area contributed by atoms with Crippen LogP contribution in [0.5, 0.6) is 0 Å². The zero-order chi connectivity index (χ0) is 16.9. The normalized spacial score (nSPS) is 15.8. The molecule has 0 bridgehead atoms. The zero-order valence-electron chi connectivity index (χ0n) is 13.6. The average Bonchev–Trinajstić information content (AvgIpc) is 2.61. The van der Waals surface area contributed by atoms with E-state index < -0.39 is 5.97 Å². The minimum absolute atomic E-state index is 0.789. The van der Waals surface area contributed by atoms with Gasteiger partial charge < -0.3 is 14.9 Å². The lowest BCUT2D eigenvalue weighted by Gasteiger charge is -2.33. The van der Waals surface area contributed by atoms with Gasteiger partial charge in [-0.05, 0) is 24.8 Å². The van der Waals surface area contributed by atoms with Crippen molar-refractivity contribution in [2.45, 2.75) is 0 Å². The van der Waals surface area contributed by atoms with Crippen LogP contribution in [0.25, 0.3) is 17.3 Å². The molecule has 2 aromatic rings. The van der Waals surface area contributed by atoms with Crippen molar-refractivity contribution in [3.8, 4) is 11.3 Å². The molecule has 3 rings (SSSR count). The lowest BCUT2D eigenvalue weighted by molar-refractivity contribution is -0.131. The molecule has 1 aliphatic rings. The number of carboxylic acid groups (broad SMARTS) is 1. The Hall–Kier alpha value is -2.73. The molecule has 0 radical (unpaired) electrons. The molecular formula is C18H20N4O2. The van der Waals surface area contributed by atoms with Gasteiger partial charge in [0.2, 0.25) is 0 Å². The van der Waals surface area contributed by atoms with Gasteiger partial charge in [-0.2, -0.15) is 0 Å². The maximum atomic E-state index is 10.7. The Morgan fingerprint density at radius 3 is 2.75 bits per heavy atom. The van der Waals surface area contributed by atoms with Crippen LogP contribution in [-0.2, 0) is 4.79 Å². The molecule has 6 nitrogen and oxygen atoms in total. The molecule has 0 aliphatic carbocycles. The second kappa shape index (κ2) is 7.23. The summed E-state index contributed by atoms with van der Waals surface area (Å²) in [5.74, 6) is -0.0793. The van der Waals surface area contributed by atoms with Crippen molar-refractivity contribution in [1.82, 2.24) is 14.9 Å². The maximum Gasteiger partial charge on any atom is 0.328 e. The number of benzene rings is 1. The summed E-state index contributed by atoms with van der Waals surface area (Å²) in [4.78, 5) is 24.3. The van der Waals surface area contributed by atoms with Crippen LogP contribution in [0, 0.1) is 0 Å². The van der Waals surface area contributed by atoms with E-state index in [1.165, 1.54) is 0 Å². The number of piperazine rings is 1. The van der Waals surface area contributed by atoms with Crippen molar-refractivity contribution in [3.63, 3.8) is 0 Å². The van der Waals surface area contributed by atoms with E-state index in [0.717, 1.165) is 54.9 Å². The first-order valence-electron chi connectivity index (χ1n) is 7.89. The fourth-order valence-electron chi connectivity index (χ4n) is 2.65. The van der Waals surface area contributed by atoms with Crippen molar-refractivity contribution in [2.75, 3.05) is 38.1 Å². The first-order valence-corrected chi connectivity index (χ1v) is 7.89. The van der Waals surface area contributed by atoms with Gasteiger partial charge in [0, 0.05) is 37.8 Å². The van der Waals surface area contributed by atoms with E-state index in [9.17, 15) is 4.79 Å². The minimum atomic E-state index is -0.961. The molecule has 0 spiro atoms. The number of likely N-dealkylation sites (N-methyl/N-ethyl adjacent to an activating group) is 1. The van der Waals surface area contributed by atoms with Gasteiger partial charge in [-0.3, -0.25) is 4.98 Å². The second-order valence-corrected chi connectivity index (χ2v) is 5.85. The topological polar surface area (TPSA) is 69.6 Å². The molecule has 1 aliphatic heterocycles. The van der Waals surface area contributed by atoms with Gasteiger partial charge in [0.1, 0.15) is 5.82 Å².